The van der Waals surface area contributed by atoms with Crippen molar-refractivity contribution in [2.75, 3.05) is 5.32 Å². The molecule has 1 unspecified atom stereocenters. The Morgan fingerprint density at radius 1 is 1.43 bits per heavy atom. The van der Waals surface area contributed by atoms with Crippen LogP contribution in [0.5, 0.6) is 0 Å². The van der Waals surface area contributed by atoms with Gasteiger partial charge in [-0.1, -0.05) is 6.08 Å². The van der Waals surface area contributed by atoms with E-state index in [9.17, 15) is 0 Å². The molecule has 1 aromatic carbocycles. The first kappa shape index (κ1) is 11.6. The van der Waals surface area contributed by atoms with Gasteiger partial charge in [-0.25, -0.2) is 0 Å². The fraction of sp³-hybridized carbons (Fsp3) is 0.333. The maximum absolute atomic E-state index is 3.72. The van der Waals surface area contributed by atoms with Gasteiger partial charge in [-0.15, -0.1) is 6.58 Å². The molecule has 0 amide bonds. The minimum atomic E-state index is 0.507. The van der Waals surface area contributed by atoms with Crippen LogP contribution >= 0.6 is 22.6 Å². The lowest BCUT2D eigenvalue weighted by Gasteiger charge is -2.14. The molecule has 0 aliphatic carbocycles. The van der Waals surface area contributed by atoms with Gasteiger partial charge < -0.3 is 5.32 Å². The Labute approximate surface area is 99.7 Å². The summed E-state index contributed by atoms with van der Waals surface area (Å²) in [6, 6.07) is 8.97. The first-order valence-electron chi connectivity index (χ1n) is 4.85. The van der Waals surface area contributed by atoms with Gasteiger partial charge in [0, 0.05) is 15.3 Å². The lowest BCUT2D eigenvalue weighted by molar-refractivity contribution is 0.719. The summed E-state index contributed by atoms with van der Waals surface area (Å²) in [4.78, 5) is 0. The summed E-state index contributed by atoms with van der Waals surface area (Å²) in [7, 11) is 0. The third kappa shape index (κ3) is 4.13. The fourth-order valence-electron chi connectivity index (χ4n) is 1.27. The third-order valence-electron chi connectivity index (χ3n) is 2.06. The maximum atomic E-state index is 3.72. The van der Waals surface area contributed by atoms with E-state index in [0.29, 0.717) is 6.04 Å². The second-order valence-corrected chi connectivity index (χ2v) is 4.66. The van der Waals surface area contributed by atoms with Crippen molar-refractivity contribution in [1.82, 2.24) is 0 Å². The molecule has 1 atom stereocenters. The number of anilines is 1. The van der Waals surface area contributed by atoms with E-state index in [2.05, 4.69) is 65.7 Å². The Balaban J connectivity index is 2.43. The Bertz CT molecular complexity index is 279. The van der Waals surface area contributed by atoms with Crippen molar-refractivity contribution in [3.63, 3.8) is 0 Å². The minimum Gasteiger partial charge on any atom is -0.383 e. The van der Waals surface area contributed by atoms with Crippen molar-refractivity contribution in [3.8, 4) is 0 Å². The van der Waals surface area contributed by atoms with Crippen molar-refractivity contribution in [3.05, 3.63) is 40.5 Å². The van der Waals surface area contributed by atoms with Gasteiger partial charge >= 0.3 is 0 Å². The van der Waals surface area contributed by atoms with Crippen LogP contribution in [0.25, 0.3) is 0 Å². The van der Waals surface area contributed by atoms with E-state index in [1.165, 1.54) is 9.26 Å². The molecule has 0 aromatic heterocycles. The first-order valence-corrected chi connectivity index (χ1v) is 5.93. The number of nitrogens with one attached hydrogen (secondary N) is 1. The van der Waals surface area contributed by atoms with E-state index < -0.39 is 0 Å². The summed E-state index contributed by atoms with van der Waals surface area (Å²) >= 11 is 2.31. The van der Waals surface area contributed by atoms with Crippen LogP contribution in [0.15, 0.2) is 36.9 Å². The molecule has 0 aliphatic rings. The van der Waals surface area contributed by atoms with E-state index in [4.69, 9.17) is 0 Å². The summed E-state index contributed by atoms with van der Waals surface area (Å²) in [5, 5.41) is 3.45. The molecule has 1 nitrogen and oxygen atoms in total. The Kier molecular flexibility index (Phi) is 5.01. The molecule has 0 spiro atoms. The molecule has 0 aliphatic heterocycles. The number of allylic oxidation sites excluding steroid dienone is 1. The van der Waals surface area contributed by atoms with Gasteiger partial charge in [0.15, 0.2) is 0 Å². The van der Waals surface area contributed by atoms with Crippen LogP contribution in [0, 0.1) is 3.57 Å². The van der Waals surface area contributed by atoms with Crippen LogP contribution in [0.2, 0.25) is 0 Å². The van der Waals surface area contributed by atoms with Gasteiger partial charge in [-0.2, -0.15) is 0 Å². The molecule has 0 saturated carbocycles. The van der Waals surface area contributed by atoms with Crippen molar-refractivity contribution >= 4 is 28.3 Å². The maximum Gasteiger partial charge on any atom is 0.0342 e. The van der Waals surface area contributed by atoms with Crippen LogP contribution in [0.4, 0.5) is 5.69 Å². The zero-order chi connectivity index (χ0) is 10.4. The number of benzene rings is 1. The zero-order valence-corrected chi connectivity index (χ0v) is 10.6. The summed E-state index contributed by atoms with van der Waals surface area (Å²) in [5.41, 5.74) is 1.20. The molecule has 1 N–H and O–H groups in total. The Hall–Kier alpha value is -0.510. The number of rotatable bonds is 5. The summed E-state index contributed by atoms with van der Waals surface area (Å²) < 4.78 is 1.27. The summed E-state index contributed by atoms with van der Waals surface area (Å²) in [5.74, 6) is 0. The Morgan fingerprint density at radius 2 is 2.07 bits per heavy atom. The molecule has 1 rings (SSSR count). The van der Waals surface area contributed by atoms with Crippen molar-refractivity contribution in [1.29, 1.82) is 0 Å². The standard InChI is InChI=1S/C12H16IN/c1-3-4-5-10(2)14-12-8-6-11(13)7-9-12/h3,6-10,14H,1,4-5H2,2H3. The molecule has 76 valence electrons. The van der Waals surface area contributed by atoms with Crippen molar-refractivity contribution < 1.29 is 0 Å². The molecule has 0 radical (unpaired) electrons. The number of hydrogen-bond acceptors (Lipinski definition) is 1. The molecular weight excluding hydrogens is 285 g/mol. The van der Waals surface area contributed by atoms with E-state index in [1.54, 1.807) is 0 Å². The molecular formula is C12H16IN. The van der Waals surface area contributed by atoms with Crippen molar-refractivity contribution in [2.45, 2.75) is 25.8 Å². The van der Waals surface area contributed by atoms with Crippen LogP contribution in [-0.2, 0) is 0 Å². The highest BCUT2D eigenvalue weighted by atomic mass is 127. The highest BCUT2D eigenvalue weighted by molar-refractivity contribution is 14.1. The molecule has 0 fully saturated rings. The third-order valence-corrected chi connectivity index (χ3v) is 2.78. The molecule has 2 heteroatoms. The monoisotopic (exact) mass is 301 g/mol. The number of hydrogen-bond donors (Lipinski definition) is 1. The van der Waals surface area contributed by atoms with Gasteiger partial charge in [-0.05, 0) is 66.6 Å². The quantitative estimate of drug-likeness (QED) is 0.639. The normalized spacial score (nSPS) is 12.1. The average molecular weight is 301 g/mol. The largest absolute Gasteiger partial charge is 0.383 e. The van der Waals surface area contributed by atoms with Crippen LogP contribution in [0.3, 0.4) is 0 Å². The van der Waals surface area contributed by atoms with E-state index in [0.717, 1.165) is 12.8 Å². The predicted molar refractivity (Wildman–Crippen MR) is 71.7 cm³/mol. The van der Waals surface area contributed by atoms with Gasteiger partial charge in [0.2, 0.25) is 0 Å². The van der Waals surface area contributed by atoms with Crippen LogP contribution in [-0.4, -0.2) is 6.04 Å². The smallest absolute Gasteiger partial charge is 0.0342 e. The van der Waals surface area contributed by atoms with Crippen LogP contribution in [0.1, 0.15) is 19.8 Å². The van der Waals surface area contributed by atoms with E-state index in [1.807, 2.05) is 6.08 Å². The lowest BCUT2D eigenvalue weighted by Crippen LogP contribution is -2.14. The highest BCUT2D eigenvalue weighted by Gasteiger charge is 1.99. The van der Waals surface area contributed by atoms with Gasteiger partial charge in [-0.3, -0.25) is 0 Å². The SMILES string of the molecule is C=CCCC(C)Nc1ccc(I)cc1. The second kappa shape index (κ2) is 6.06. The minimum absolute atomic E-state index is 0.507. The topological polar surface area (TPSA) is 12.0 Å². The average Bonchev–Trinajstić information content (AvgIpc) is 2.18. The zero-order valence-electron chi connectivity index (χ0n) is 8.46. The molecule has 14 heavy (non-hydrogen) atoms. The van der Waals surface area contributed by atoms with Gasteiger partial charge in [0.05, 0.1) is 0 Å². The van der Waals surface area contributed by atoms with Gasteiger partial charge in [0.1, 0.15) is 0 Å². The summed E-state index contributed by atoms with van der Waals surface area (Å²) in [6.07, 6.45) is 4.17. The van der Waals surface area contributed by atoms with Crippen molar-refractivity contribution in [2.24, 2.45) is 0 Å². The summed E-state index contributed by atoms with van der Waals surface area (Å²) in [6.45, 7) is 5.92. The molecule has 1 aromatic rings. The first-order chi connectivity index (χ1) is 6.72. The highest BCUT2D eigenvalue weighted by Crippen LogP contribution is 2.13. The fourth-order valence-corrected chi connectivity index (χ4v) is 1.63. The molecule has 0 saturated heterocycles. The second-order valence-electron chi connectivity index (χ2n) is 3.42. The molecule has 0 bridgehead atoms. The lowest BCUT2D eigenvalue weighted by atomic mass is 10.1. The molecule has 0 heterocycles. The van der Waals surface area contributed by atoms with E-state index in [-0.39, 0.29) is 0 Å². The Morgan fingerprint density at radius 3 is 2.64 bits per heavy atom. The van der Waals surface area contributed by atoms with Crippen LogP contribution < -0.4 is 5.32 Å². The van der Waals surface area contributed by atoms with Gasteiger partial charge in [0.25, 0.3) is 0 Å². The number of halogens is 1. The predicted octanol–water partition coefficient (Wildman–Crippen LogP) is 4.06. The van der Waals surface area contributed by atoms with E-state index >= 15 is 0 Å².